The van der Waals surface area contributed by atoms with Crippen LogP contribution in [0.25, 0.3) is 0 Å². The number of carbonyl (C=O) groups is 2. The van der Waals surface area contributed by atoms with Gasteiger partial charge >= 0.3 is 5.97 Å². The number of benzene rings is 1. The monoisotopic (exact) mass is 352 g/mol. The maximum atomic E-state index is 12.7. The zero-order valence-electron chi connectivity index (χ0n) is 14.3. The first kappa shape index (κ1) is 16.6. The van der Waals surface area contributed by atoms with Crippen molar-refractivity contribution in [2.24, 2.45) is 11.3 Å². The number of likely N-dealkylation sites (tertiary alicyclic amines) is 1. The quantitative estimate of drug-likeness (QED) is 0.914. The molecule has 1 N–H and O–H groups in total. The van der Waals surface area contributed by atoms with Gasteiger partial charge in [-0.15, -0.1) is 0 Å². The van der Waals surface area contributed by atoms with Crippen molar-refractivity contribution >= 4 is 11.9 Å². The van der Waals surface area contributed by atoms with Crippen LogP contribution in [0.5, 0.6) is 11.5 Å². The van der Waals surface area contributed by atoms with E-state index in [1.54, 1.807) is 42.7 Å². The normalized spacial score (nSPS) is 20.6. The SMILES string of the molecule is O=C(O)C1CC12CCN(C(=O)c1ccc(Oc3cccnc3)cc1)CC2. The maximum absolute atomic E-state index is 12.7. The van der Waals surface area contributed by atoms with Crippen LogP contribution < -0.4 is 4.74 Å². The summed E-state index contributed by atoms with van der Waals surface area (Å²) in [5, 5.41) is 9.16. The fourth-order valence-corrected chi connectivity index (χ4v) is 3.80. The Morgan fingerprint density at radius 2 is 1.85 bits per heavy atom. The standard InChI is InChI=1S/C20H20N2O4/c23-18(22-10-7-20(8-11-22)12-17(20)19(24)25)14-3-5-15(6-4-14)26-16-2-1-9-21-13-16/h1-6,9,13,17H,7-8,10-12H2,(H,24,25). The molecule has 1 atom stereocenters. The Morgan fingerprint density at radius 1 is 1.12 bits per heavy atom. The number of aliphatic carboxylic acids is 1. The molecule has 2 aliphatic rings. The maximum Gasteiger partial charge on any atom is 0.307 e. The number of nitrogens with zero attached hydrogens (tertiary/aromatic N) is 2. The van der Waals surface area contributed by atoms with Crippen LogP contribution in [0, 0.1) is 11.3 Å². The molecule has 4 rings (SSSR count). The van der Waals surface area contributed by atoms with Gasteiger partial charge in [-0.3, -0.25) is 14.6 Å². The number of carboxylic acid groups (broad SMARTS) is 1. The van der Waals surface area contributed by atoms with Crippen LogP contribution in [-0.2, 0) is 4.79 Å². The summed E-state index contributed by atoms with van der Waals surface area (Å²) >= 11 is 0. The van der Waals surface area contributed by atoms with Gasteiger partial charge in [0.2, 0.25) is 0 Å². The van der Waals surface area contributed by atoms with Crippen LogP contribution in [0.15, 0.2) is 48.8 Å². The van der Waals surface area contributed by atoms with Gasteiger partial charge in [-0.2, -0.15) is 0 Å². The number of amides is 1. The minimum Gasteiger partial charge on any atom is -0.481 e. The van der Waals surface area contributed by atoms with Crippen LogP contribution in [0.2, 0.25) is 0 Å². The van der Waals surface area contributed by atoms with E-state index in [9.17, 15) is 9.59 Å². The van der Waals surface area contributed by atoms with Gasteiger partial charge in [0, 0.05) is 24.8 Å². The topological polar surface area (TPSA) is 79.7 Å². The number of aromatic nitrogens is 1. The van der Waals surface area contributed by atoms with E-state index in [-0.39, 0.29) is 17.2 Å². The summed E-state index contributed by atoms with van der Waals surface area (Å²) in [6.45, 7) is 1.24. The van der Waals surface area contributed by atoms with Gasteiger partial charge in [-0.25, -0.2) is 0 Å². The zero-order chi connectivity index (χ0) is 18.1. The lowest BCUT2D eigenvalue weighted by Gasteiger charge is -2.32. The molecule has 1 unspecified atom stereocenters. The molecular formula is C20H20N2O4. The van der Waals surface area contributed by atoms with Crippen molar-refractivity contribution in [3.63, 3.8) is 0 Å². The molecule has 1 aliphatic heterocycles. The van der Waals surface area contributed by atoms with Gasteiger partial charge < -0.3 is 14.7 Å². The summed E-state index contributed by atoms with van der Waals surface area (Å²) in [7, 11) is 0. The number of rotatable bonds is 4. The minimum absolute atomic E-state index is 0.0136. The highest BCUT2D eigenvalue weighted by molar-refractivity contribution is 5.94. The van der Waals surface area contributed by atoms with E-state index in [1.165, 1.54) is 0 Å². The molecule has 26 heavy (non-hydrogen) atoms. The van der Waals surface area contributed by atoms with Crippen molar-refractivity contribution in [1.29, 1.82) is 0 Å². The van der Waals surface area contributed by atoms with Gasteiger partial charge in [0.25, 0.3) is 5.91 Å². The number of carboxylic acids is 1. The third kappa shape index (κ3) is 3.14. The Labute approximate surface area is 151 Å². The average Bonchev–Trinajstić information content (AvgIpc) is 3.37. The third-order valence-electron chi connectivity index (χ3n) is 5.51. The lowest BCUT2D eigenvalue weighted by molar-refractivity contribution is -0.139. The van der Waals surface area contributed by atoms with Crippen molar-refractivity contribution in [2.45, 2.75) is 19.3 Å². The Morgan fingerprint density at radius 3 is 2.42 bits per heavy atom. The predicted molar refractivity (Wildman–Crippen MR) is 94.1 cm³/mol. The van der Waals surface area contributed by atoms with Gasteiger partial charge in [0.15, 0.2) is 0 Å². The first-order valence-electron chi connectivity index (χ1n) is 8.77. The Bertz CT molecular complexity index is 811. The molecule has 2 heterocycles. The number of ether oxygens (including phenoxy) is 1. The first-order chi connectivity index (χ1) is 12.6. The van der Waals surface area contributed by atoms with Crippen molar-refractivity contribution in [3.8, 4) is 11.5 Å². The summed E-state index contributed by atoms with van der Waals surface area (Å²) in [4.78, 5) is 29.6. The highest BCUT2D eigenvalue weighted by Crippen LogP contribution is 2.59. The lowest BCUT2D eigenvalue weighted by Crippen LogP contribution is -2.39. The Balaban J connectivity index is 1.36. The predicted octanol–water partition coefficient (Wildman–Crippen LogP) is 3.20. The number of pyridine rings is 1. The molecule has 134 valence electrons. The molecule has 6 nitrogen and oxygen atoms in total. The Kier molecular flexibility index (Phi) is 4.11. The molecule has 1 saturated carbocycles. The number of piperidine rings is 1. The third-order valence-corrected chi connectivity index (χ3v) is 5.51. The summed E-state index contributed by atoms with van der Waals surface area (Å²) in [5.74, 6) is 0.359. The fourth-order valence-electron chi connectivity index (χ4n) is 3.80. The highest BCUT2D eigenvalue weighted by atomic mass is 16.5. The van der Waals surface area contributed by atoms with E-state index in [0.717, 1.165) is 19.3 Å². The van der Waals surface area contributed by atoms with E-state index in [2.05, 4.69) is 4.98 Å². The van der Waals surface area contributed by atoms with Crippen LogP contribution in [-0.4, -0.2) is 40.0 Å². The van der Waals surface area contributed by atoms with Crippen molar-refractivity contribution < 1.29 is 19.4 Å². The van der Waals surface area contributed by atoms with E-state index >= 15 is 0 Å². The number of hydrogen-bond donors (Lipinski definition) is 1. The summed E-state index contributed by atoms with van der Waals surface area (Å²) in [6.07, 6.45) is 5.61. The first-order valence-corrected chi connectivity index (χ1v) is 8.77. The number of hydrogen-bond acceptors (Lipinski definition) is 4. The largest absolute Gasteiger partial charge is 0.481 e. The molecule has 1 aromatic carbocycles. The highest BCUT2D eigenvalue weighted by Gasteiger charge is 2.59. The molecule has 1 aliphatic carbocycles. The molecule has 0 bridgehead atoms. The van der Waals surface area contributed by atoms with Crippen LogP contribution in [0.4, 0.5) is 0 Å². The van der Waals surface area contributed by atoms with Gasteiger partial charge in [0.05, 0.1) is 12.1 Å². The van der Waals surface area contributed by atoms with E-state index < -0.39 is 5.97 Å². The molecule has 1 aromatic heterocycles. The summed E-state index contributed by atoms with van der Waals surface area (Å²) in [5.41, 5.74) is 0.550. The summed E-state index contributed by atoms with van der Waals surface area (Å²) in [6, 6.07) is 10.7. The molecule has 2 aromatic rings. The molecular weight excluding hydrogens is 332 g/mol. The van der Waals surface area contributed by atoms with Crippen molar-refractivity contribution in [1.82, 2.24) is 9.88 Å². The Hall–Kier alpha value is -2.89. The van der Waals surface area contributed by atoms with Crippen molar-refractivity contribution in [2.75, 3.05) is 13.1 Å². The molecule has 0 radical (unpaired) electrons. The molecule has 1 spiro atoms. The van der Waals surface area contributed by atoms with E-state index in [0.29, 0.717) is 30.2 Å². The average molecular weight is 352 g/mol. The van der Waals surface area contributed by atoms with Gasteiger partial charge in [-0.05, 0) is 61.1 Å². The van der Waals surface area contributed by atoms with Gasteiger partial charge in [0.1, 0.15) is 11.5 Å². The van der Waals surface area contributed by atoms with Crippen LogP contribution >= 0.6 is 0 Å². The van der Waals surface area contributed by atoms with Crippen molar-refractivity contribution in [3.05, 3.63) is 54.4 Å². The minimum atomic E-state index is -0.700. The smallest absolute Gasteiger partial charge is 0.307 e. The molecule has 1 saturated heterocycles. The number of carbonyl (C=O) groups excluding carboxylic acids is 1. The van der Waals surface area contributed by atoms with Crippen LogP contribution in [0.3, 0.4) is 0 Å². The van der Waals surface area contributed by atoms with E-state index in [1.807, 2.05) is 11.0 Å². The van der Waals surface area contributed by atoms with Crippen LogP contribution in [0.1, 0.15) is 29.6 Å². The van der Waals surface area contributed by atoms with Gasteiger partial charge in [-0.1, -0.05) is 0 Å². The second-order valence-corrected chi connectivity index (χ2v) is 7.06. The second kappa shape index (κ2) is 6.44. The summed E-state index contributed by atoms with van der Waals surface area (Å²) < 4.78 is 5.69. The molecule has 2 fully saturated rings. The zero-order valence-corrected chi connectivity index (χ0v) is 14.3. The van der Waals surface area contributed by atoms with E-state index in [4.69, 9.17) is 9.84 Å². The second-order valence-electron chi connectivity index (χ2n) is 7.06. The molecule has 6 heteroatoms. The lowest BCUT2D eigenvalue weighted by atomic mass is 9.90. The molecule has 1 amide bonds. The fraction of sp³-hybridized carbons (Fsp3) is 0.350.